The predicted molar refractivity (Wildman–Crippen MR) is 144 cm³/mol. The average molecular weight is 1110 g/mol. The largest absolute Gasteiger partial charge is 0 e. The third kappa shape index (κ3) is 21.0. The molecule has 29 heavy (non-hydrogen) atoms. The SMILES string of the molecule is C[N-]c1ccc(/C(N)=N/O)cc1.C[N-]c1ccc(C#N)cc1.II.I[I-]I.[Y].[Y]. The fraction of sp³-hybridized carbons (Fsp3) is 0.125. The van der Waals surface area contributed by atoms with Crippen molar-refractivity contribution in [3.05, 3.63) is 70.3 Å². The quantitative estimate of drug-likeness (QED) is 0.159. The summed E-state index contributed by atoms with van der Waals surface area (Å²) < 4.78 is 0. The number of nitrogens with zero attached hydrogens (tertiary/aromatic N) is 4. The third-order valence-electron chi connectivity index (χ3n) is 2.78. The van der Waals surface area contributed by atoms with Crippen LogP contribution in [0.5, 0.6) is 0 Å². The third-order valence-corrected chi connectivity index (χ3v) is 2.78. The van der Waals surface area contributed by atoms with Gasteiger partial charge in [-0.15, -0.1) is 25.5 Å². The second-order valence-electron chi connectivity index (χ2n) is 4.19. The molecule has 0 aromatic heterocycles. The minimum Gasteiger partial charge on any atom is 0 e. The first-order valence-corrected chi connectivity index (χ1v) is 25.7. The fourth-order valence-corrected chi connectivity index (χ4v) is 1.52. The molecule has 0 heterocycles. The van der Waals surface area contributed by atoms with E-state index in [4.69, 9.17) is 16.2 Å². The normalized spacial score (nSPS) is 8.52. The van der Waals surface area contributed by atoms with E-state index in [0.717, 1.165) is 11.4 Å². The fourth-order valence-electron chi connectivity index (χ4n) is 1.52. The summed E-state index contributed by atoms with van der Waals surface area (Å²) in [6.45, 7) is 0. The van der Waals surface area contributed by atoms with Crippen LogP contribution in [0.1, 0.15) is 11.1 Å². The summed E-state index contributed by atoms with van der Waals surface area (Å²) in [6, 6.07) is 16.3. The topological polar surface area (TPSA) is 111 Å². The molecule has 0 spiro atoms. The average Bonchev–Trinajstić information content (AvgIpc) is 2.75. The molecule has 0 aliphatic carbocycles. The molecule has 0 aliphatic rings. The first kappa shape index (κ1) is 38.9. The van der Waals surface area contributed by atoms with Gasteiger partial charge in [0.2, 0.25) is 0 Å². The maximum absolute atomic E-state index is 8.42. The van der Waals surface area contributed by atoms with Crippen LogP contribution in [0.15, 0.2) is 53.7 Å². The van der Waals surface area contributed by atoms with Crippen molar-refractivity contribution < 1.29 is 83.9 Å². The Hall–Kier alpha value is 2.66. The molecule has 6 nitrogen and oxygen atoms in total. The zero-order valence-corrected chi connectivity index (χ0v) is 31.9. The maximum atomic E-state index is 8.42. The molecule has 0 fully saturated rings. The molecule has 0 unspecified atom stereocenters. The number of oxime groups is 1. The summed E-state index contributed by atoms with van der Waals surface area (Å²) in [7, 11) is 3.43. The minimum atomic E-state index is 0. The monoisotopic (exact) mass is 1110 g/mol. The Labute approximate surface area is 276 Å². The molecule has 0 amide bonds. The standard InChI is InChI=1S/C8H10N3O.C8H7N2.I3.I2.2Y/c1-10-7-4-2-6(3-5-7)8(9)11-12;1-10-8-4-2-7(6-9)3-5-8;1-3-2;1-2;;/h2-5,12H,1H3,(H2,9,11);2-5H,1H3;;;;/q3*-1;;;. The van der Waals surface area contributed by atoms with Gasteiger partial charge in [-0.05, 0) is 12.1 Å². The van der Waals surface area contributed by atoms with Crippen molar-refractivity contribution in [2.75, 3.05) is 14.1 Å². The van der Waals surface area contributed by atoms with E-state index in [1.165, 1.54) is 0 Å². The smallest absolute Gasteiger partial charge is 0 e. The Morgan fingerprint density at radius 1 is 0.966 bits per heavy atom. The molecular formula is C16H17I5N5OY2-3. The first-order valence-electron chi connectivity index (χ1n) is 6.85. The van der Waals surface area contributed by atoms with Crippen LogP contribution in [-0.2, 0) is 65.4 Å². The number of hydrogen-bond acceptors (Lipinski definition) is 3. The van der Waals surface area contributed by atoms with Crippen molar-refractivity contribution in [2.24, 2.45) is 10.9 Å². The van der Waals surface area contributed by atoms with E-state index >= 15 is 0 Å². The Bertz CT molecular complexity index is 686. The van der Waals surface area contributed by atoms with Gasteiger partial charge >= 0.3 is 50.5 Å². The van der Waals surface area contributed by atoms with Crippen LogP contribution in [0.3, 0.4) is 0 Å². The second-order valence-corrected chi connectivity index (χ2v) is 20.4. The van der Waals surface area contributed by atoms with E-state index in [2.05, 4.69) is 90.3 Å². The number of rotatable bonds is 3. The Balaban J connectivity index is -0.000000168. The van der Waals surface area contributed by atoms with Crippen LogP contribution < -0.4 is 19.0 Å². The van der Waals surface area contributed by atoms with E-state index in [9.17, 15) is 0 Å². The van der Waals surface area contributed by atoms with Gasteiger partial charge in [-0.1, -0.05) is 41.6 Å². The summed E-state index contributed by atoms with van der Waals surface area (Å²) in [5.74, 6) is 0.109. The number of hydrogen-bond donors (Lipinski definition) is 2. The molecule has 13 heteroatoms. The van der Waals surface area contributed by atoms with E-state index in [0.29, 0.717) is 24.4 Å². The van der Waals surface area contributed by atoms with E-state index in [1.807, 2.05) is 18.2 Å². The van der Waals surface area contributed by atoms with Crippen molar-refractivity contribution in [3.8, 4) is 6.07 Å². The van der Waals surface area contributed by atoms with Gasteiger partial charge in [0.1, 0.15) is 0 Å². The summed E-state index contributed by atoms with van der Waals surface area (Å²) in [4.78, 5) is 0. The second kappa shape index (κ2) is 28.7. The van der Waals surface area contributed by atoms with Gasteiger partial charge in [0.05, 0.1) is 11.6 Å². The molecule has 0 saturated carbocycles. The molecule has 0 bridgehead atoms. The molecule has 0 aliphatic heterocycles. The van der Waals surface area contributed by atoms with Crippen LogP contribution in [-0.4, -0.2) is 25.1 Å². The minimum absolute atomic E-state index is 0. The van der Waals surface area contributed by atoms with Crippen LogP contribution in [0.2, 0.25) is 0 Å². The molecule has 2 aromatic rings. The Kier molecular flexibility index (Phi) is 38.5. The Morgan fingerprint density at radius 2 is 1.31 bits per heavy atom. The van der Waals surface area contributed by atoms with Gasteiger partial charge in [-0.3, -0.25) is 0 Å². The van der Waals surface area contributed by atoms with Crippen molar-refractivity contribution in [1.82, 2.24) is 0 Å². The van der Waals surface area contributed by atoms with Gasteiger partial charge in [0, 0.05) is 108 Å². The van der Waals surface area contributed by atoms with E-state index in [1.54, 1.807) is 50.5 Å². The summed E-state index contributed by atoms with van der Waals surface area (Å²) in [5.41, 5.74) is 8.48. The van der Waals surface area contributed by atoms with Crippen molar-refractivity contribution in [1.29, 1.82) is 5.26 Å². The number of amidine groups is 1. The molecule has 2 aromatic carbocycles. The van der Waals surface area contributed by atoms with Crippen LogP contribution >= 0.6 is 74.5 Å². The Morgan fingerprint density at radius 3 is 1.59 bits per heavy atom. The van der Waals surface area contributed by atoms with Crippen molar-refractivity contribution in [3.63, 3.8) is 0 Å². The first-order chi connectivity index (χ1) is 13.1. The maximum Gasteiger partial charge on any atom is 0 e. The van der Waals surface area contributed by atoms with Gasteiger partial charge in [0.15, 0.2) is 5.84 Å². The van der Waals surface area contributed by atoms with E-state index in [-0.39, 0.29) is 71.3 Å². The van der Waals surface area contributed by atoms with Gasteiger partial charge in [-0.2, -0.15) is 5.26 Å². The predicted octanol–water partition coefficient (Wildman–Crippen LogP) is 4.15. The van der Waals surface area contributed by atoms with Gasteiger partial charge in [0.25, 0.3) is 0 Å². The number of nitrogens with two attached hydrogens (primary N) is 1. The molecule has 156 valence electrons. The van der Waals surface area contributed by atoms with Crippen molar-refractivity contribution >= 4 is 91.7 Å². The summed E-state index contributed by atoms with van der Waals surface area (Å²) >= 11 is 9.54. The molecular weight excluding hydrogens is 1090 g/mol. The molecule has 2 rings (SSSR count). The van der Waals surface area contributed by atoms with Crippen LogP contribution in [0.4, 0.5) is 11.4 Å². The molecule has 2 radical (unpaired) electrons. The van der Waals surface area contributed by atoms with Crippen LogP contribution in [0.25, 0.3) is 10.6 Å². The number of benzene rings is 2. The van der Waals surface area contributed by atoms with Crippen LogP contribution in [0, 0.1) is 11.3 Å². The van der Waals surface area contributed by atoms with E-state index < -0.39 is 0 Å². The summed E-state index contributed by atoms with van der Waals surface area (Å²) in [6.07, 6.45) is 0. The molecule has 0 saturated heterocycles. The zero-order valence-electron chi connectivity index (χ0n) is 15.5. The molecule has 3 N–H and O–H groups in total. The van der Waals surface area contributed by atoms with Gasteiger partial charge < -0.3 is 21.6 Å². The number of halogens is 5. The van der Waals surface area contributed by atoms with Crippen molar-refractivity contribution in [2.45, 2.75) is 0 Å². The number of nitriles is 1. The zero-order chi connectivity index (χ0) is 21.1. The molecule has 0 atom stereocenters. The van der Waals surface area contributed by atoms with Gasteiger partial charge in [-0.25, -0.2) is 0 Å². The summed E-state index contributed by atoms with van der Waals surface area (Å²) in [5, 5.41) is 27.5.